The zero-order valence-electron chi connectivity index (χ0n) is 12.2. The molecule has 3 rings (SSSR count). The van der Waals surface area contributed by atoms with Gasteiger partial charge in [-0.15, -0.1) is 0 Å². The standard InChI is InChI=1S/C15H18N2O4S/c1-22(19,20)12-4-2-10(3-5-12)13-8-11(6-7-16-13)14-9-15(18)17-21-14/h2-5,9,11,13,16H,6-8H2,1H3,(H,17,18)/t11-,13-/m1/s1. The lowest BCUT2D eigenvalue weighted by Gasteiger charge is -2.29. The van der Waals surface area contributed by atoms with Gasteiger partial charge in [-0.2, -0.15) is 5.16 Å². The van der Waals surface area contributed by atoms with Crippen LogP contribution in [0.5, 0.6) is 0 Å². The second-order valence-corrected chi connectivity index (χ2v) is 7.70. The Hall–Kier alpha value is -1.86. The van der Waals surface area contributed by atoms with Crippen molar-refractivity contribution in [1.82, 2.24) is 10.5 Å². The number of sulfone groups is 1. The minimum absolute atomic E-state index is 0.118. The highest BCUT2D eigenvalue weighted by atomic mass is 32.2. The van der Waals surface area contributed by atoms with Crippen molar-refractivity contribution in [3.8, 4) is 0 Å². The largest absolute Gasteiger partial charge is 0.383 e. The quantitative estimate of drug-likeness (QED) is 0.895. The fourth-order valence-corrected chi connectivity index (χ4v) is 3.51. The fraction of sp³-hybridized carbons (Fsp3) is 0.400. The molecular formula is C15H18N2O4S. The van der Waals surface area contributed by atoms with Crippen molar-refractivity contribution in [2.24, 2.45) is 0 Å². The number of H-pyrrole nitrogens is 1. The molecule has 1 saturated heterocycles. The van der Waals surface area contributed by atoms with Crippen LogP contribution in [0.1, 0.15) is 36.1 Å². The Bertz CT molecular complexity index is 805. The monoisotopic (exact) mass is 322 g/mol. The molecular weight excluding hydrogens is 304 g/mol. The number of nitrogens with one attached hydrogen (secondary N) is 2. The van der Waals surface area contributed by atoms with Gasteiger partial charge in [0.05, 0.1) is 4.90 Å². The van der Waals surface area contributed by atoms with Crippen LogP contribution >= 0.6 is 0 Å². The zero-order valence-corrected chi connectivity index (χ0v) is 13.0. The normalized spacial score (nSPS) is 22.6. The van der Waals surface area contributed by atoms with Crippen molar-refractivity contribution >= 4 is 9.84 Å². The molecule has 1 aliphatic rings. The lowest BCUT2D eigenvalue weighted by molar-refractivity contribution is 0.295. The maximum Gasteiger partial charge on any atom is 0.280 e. The molecule has 118 valence electrons. The van der Waals surface area contributed by atoms with Crippen LogP contribution in [0.15, 0.2) is 44.5 Å². The van der Waals surface area contributed by atoms with Gasteiger partial charge >= 0.3 is 0 Å². The molecule has 1 aromatic heterocycles. The van der Waals surface area contributed by atoms with Crippen LogP contribution in [0.25, 0.3) is 0 Å². The Balaban J connectivity index is 1.78. The fourth-order valence-electron chi connectivity index (χ4n) is 2.88. The van der Waals surface area contributed by atoms with Gasteiger partial charge in [-0.1, -0.05) is 12.1 Å². The molecule has 0 spiro atoms. The SMILES string of the molecule is CS(=O)(=O)c1ccc([C@H]2C[C@H](c3cc(=O)[nH]o3)CCN2)cc1. The minimum Gasteiger partial charge on any atom is -0.383 e. The first-order valence-electron chi connectivity index (χ1n) is 7.15. The lowest BCUT2D eigenvalue weighted by atomic mass is 9.87. The Morgan fingerprint density at radius 1 is 1.23 bits per heavy atom. The maximum atomic E-state index is 11.5. The average Bonchev–Trinajstić information content (AvgIpc) is 2.93. The van der Waals surface area contributed by atoms with E-state index in [0.29, 0.717) is 10.7 Å². The number of rotatable bonds is 3. The predicted molar refractivity (Wildman–Crippen MR) is 81.6 cm³/mol. The summed E-state index contributed by atoms with van der Waals surface area (Å²) in [5.74, 6) is 0.865. The number of benzene rings is 1. The summed E-state index contributed by atoms with van der Waals surface area (Å²) in [4.78, 5) is 11.5. The Labute approximate surface area is 128 Å². The number of piperidine rings is 1. The molecule has 1 aliphatic heterocycles. The van der Waals surface area contributed by atoms with Gasteiger partial charge in [-0.25, -0.2) is 8.42 Å². The Morgan fingerprint density at radius 3 is 2.55 bits per heavy atom. The van der Waals surface area contributed by atoms with Crippen LogP contribution in [-0.2, 0) is 9.84 Å². The van der Waals surface area contributed by atoms with E-state index in [1.807, 2.05) is 12.1 Å². The topological polar surface area (TPSA) is 92.2 Å². The lowest BCUT2D eigenvalue weighted by Crippen LogP contribution is -2.30. The summed E-state index contributed by atoms with van der Waals surface area (Å²) < 4.78 is 28.2. The number of hydrogen-bond acceptors (Lipinski definition) is 5. The Morgan fingerprint density at radius 2 is 1.95 bits per heavy atom. The number of aromatic amines is 1. The molecule has 0 unspecified atom stereocenters. The van der Waals surface area contributed by atoms with Crippen molar-refractivity contribution in [3.05, 3.63) is 52.0 Å². The third-order valence-corrected chi connectivity index (χ3v) is 5.19. The molecule has 2 aromatic rings. The summed E-state index contributed by atoms with van der Waals surface area (Å²) in [6.07, 6.45) is 2.91. The van der Waals surface area contributed by atoms with Crippen LogP contribution in [0.3, 0.4) is 0 Å². The summed E-state index contributed by atoms with van der Waals surface area (Å²) in [5, 5.41) is 5.75. The molecule has 2 heterocycles. The van der Waals surface area contributed by atoms with Gasteiger partial charge in [0.25, 0.3) is 5.56 Å². The second kappa shape index (κ2) is 5.73. The third-order valence-electron chi connectivity index (χ3n) is 4.06. The number of hydrogen-bond donors (Lipinski definition) is 2. The zero-order chi connectivity index (χ0) is 15.7. The van der Waals surface area contributed by atoms with E-state index in [0.717, 1.165) is 24.9 Å². The van der Waals surface area contributed by atoms with Gasteiger partial charge in [0.1, 0.15) is 5.76 Å². The molecule has 1 aromatic carbocycles. The van der Waals surface area contributed by atoms with Crippen LogP contribution in [0.2, 0.25) is 0 Å². The van der Waals surface area contributed by atoms with E-state index >= 15 is 0 Å². The van der Waals surface area contributed by atoms with Gasteiger partial charge in [0.15, 0.2) is 9.84 Å². The van der Waals surface area contributed by atoms with Crippen molar-refractivity contribution in [3.63, 3.8) is 0 Å². The predicted octanol–water partition coefficient (Wildman–Crippen LogP) is 1.58. The summed E-state index contributed by atoms with van der Waals surface area (Å²) in [6, 6.07) is 8.55. The second-order valence-electron chi connectivity index (χ2n) is 5.68. The molecule has 0 amide bonds. The Kier molecular flexibility index (Phi) is 3.92. The van der Waals surface area contributed by atoms with E-state index in [4.69, 9.17) is 4.52 Å². The first-order chi connectivity index (χ1) is 10.4. The molecule has 0 saturated carbocycles. The van der Waals surface area contributed by atoms with E-state index in [1.54, 1.807) is 12.1 Å². The number of aromatic nitrogens is 1. The first kappa shape index (κ1) is 15.1. The van der Waals surface area contributed by atoms with Gasteiger partial charge < -0.3 is 9.84 Å². The van der Waals surface area contributed by atoms with Gasteiger partial charge in [0.2, 0.25) is 0 Å². The molecule has 22 heavy (non-hydrogen) atoms. The van der Waals surface area contributed by atoms with Crippen LogP contribution in [-0.4, -0.2) is 26.4 Å². The van der Waals surface area contributed by atoms with E-state index in [9.17, 15) is 13.2 Å². The van der Waals surface area contributed by atoms with E-state index < -0.39 is 9.84 Å². The molecule has 6 nitrogen and oxygen atoms in total. The van der Waals surface area contributed by atoms with E-state index in [1.165, 1.54) is 12.3 Å². The third kappa shape index (κ3) is 3.15. The van der Waals surface area contributed by atoms with Crippen LogP contribution < -0.4 is 10.9 Å². The average molecular weight is 322 g/mol. The highest BCUT2D eigenvalue weighted by molar-refractivity contribution is 7.90. The summed E-state index contributed by atoms with van der Waals surface area (Å²) in [6.45, 7) is 0.818. The van der Waals surface area contributed by atoms with Gasteiger partial charge in [-0.05, 0) is 37.1 Å². The van der Waals surface area contributed by atoms with Crippen molar-refractivity contribution in [2.75, 3.05) is 12.8 Å². The summed E-state index contributed by atoms with van der Waals surface area (Å²) in [5.41, 5.74) is 0.817. The molecule has 1 fully saturated rings. The summed E-state index contributed by atoms with van der Waals surface area (Å²) in [7, 11) is -3.18. The van der Waals surface area contributed by atoms with Crippen molar-refractivity contribution in [1.29, 1.82) is 0 Å². The van der Waals surface area contributed by atoms with Crippen molar-refractivity contribution < 1.29 is 12.9 Å². The first-order valence-corrected chi connectivity index (χ1v) is 9.04. The van der Waals surface area contributed by atoms with Crippen molar-refractivity contribution in [2.45, 2.75) is 29.7 Å². The van der Waals surface area contributed by atoms with E-state index in [2.05, 4.69) is 10.5 Å². The van der Waals surface area contributed by atoms with Crippen LogP contribution in [0.4, 0.5) is 0 Å². The maximum absolute atomic E-state index is 11.5. The van der Waals surface area contributed by atoms with Gasteiger partial charge in [0, 0.05) is 24.3 Å². The molecule has 0 radical (unpaired) electrons. The highest BCUT2D eigenvalue weighted by Crippen LogP contribution is 2.33. The molecule has 2 N–H and O–H groups in total. The molecule has 2 atom stereocenters. The molecule has 0 bridgehead atoms. The minimum atomic E-state index is -3.18. The molecule has 0 aliphatic carbocycles. The smallest absolute Gasteiger partial charge is 0.280 e. The summed E-state index contributed by atoms with van der Waals surface area (Å²) >= 11 is 0. The van der Waals surface area contributed by atoms with E-state index in [-0.39, 0.29) is 17.5 Å². The molecule has 7 heteroatoms. The van der Waals surface area contributed by atoms with Gasteiger partial charge in [-0.3, -0.25) is 4.79 Å². The van der Waals surface area contributed by atoms with Crippen LogP contribution in [0, 0.1) is 0 Å². The highest BCUT2D eigenvalue weighted by Gasteiger charge is 2.26.